The number of rotatable bonds is 6. The Morgan fingerprint density at radius 3 is 3.00 bits per heavy atom. The first-order chi connectivity index (χ1) is 10.1. The summed E-state index contributed by atoms with van der Waals surface area (Å²) in [5, 5.41) is 12.5. The van der Waals surface area contributed by atoms with Crippen molar-refractivity contribution in [3.05, 3.63) is 28.2 Å². The zero-order valence-electron chi connectivity index (χ0n) is 12.4. The number of hydrogen-bond donors (Lipinski definition) is 2. The van der Waals surface area contributed by atoms with Gasteiger partial charge in [-0.1, -0.05) is 12.5 Å². The Labute approximate surface area is 134 Å². The molecule has 0 radical (unpaired) electrons. The van der Waals surface area contributed by atoms with Crippen LogP contribution in [0, 0.1) is 0 Å². The molecule has 2 rings (SSSR count). The molecule has 1 atom stereocenters. The van der Waals surface area contributed by atoms with E-state index in [0.29, 0.717) is 21.8 Å². The summed E-state index contributed by atoms with van der Waals surface area (Å²) in [5.41, 5.74) is 0.993. The average Bonchev–Trinajstić information content (AvgIpc) is 2.45. The quantitative estimate of drug-likeness (QED) is 0.762. The summed E-state index contributed by atoms with van der Waals surface area (Å²) < 4.78 is 0.615. The molecule has 0 spiro atoms. The lowest BCUT2D eigenvalue weighted by molar-refractivity contribution is 0.0697. The van der Waals surface area contributed by atoms with E-state index >= 15 is 0 Å². The van der Waals surface area contributed by atoms with E-state index in [4.69, 9.17) is 0 Å². The SMILES string of the molecule is CC1CCCCN1CCCNc1cccc(Br)c1C(=O)O. The third kappa shape index (κ3) is 4.45. The number of nitrogens with one attached hydrogen (secondary N) is 1. The molecule has 1 heterocycles. The summed E-state index contributed by atoms with van der Waals surface area (Å²) >= 11 is 3.30. The van der Waals surface area contributed by atoms with Crippen molar-refractivity contribution in [2.75, 3.05) is 25.0 Å². The van der Waals surface area contributed by atoms with Crippen molar-refractivity contribution in [2.45, 2.75) is 38.6 Å². The Morgan fingerprint density at radius 2 is 2.29 bits per heavy atom. The van der Waals surface area contributed by atoms with Gasteiger partial charge in [-0.05, 0) is 60.8 Å². The van der Waals surface area contributed by atoms with Crippen LogP contribution in [0.2, 0.25) is 0 Å². The number of piperidine rings is 1. The van der Waals surface area contributed by atoms with Gasteiger partial charge in [-0.3, -0.25) is 0 Å². The van der Waals surface area contributed by atoms with Crippen molar-refractivity contribution in [2.24, 2.45) is 0 Å². The van der Waals surface area contributed by atoms with Gasteiger partial charge in [-0.15, -0.1) is 0 Å². The number of anilines is 1. The zero-order valence-corrected chi connectivity index (χ0v) is 14.0. The fraction of sp³-hybridized carbons (Fsp3) is 0.562. The van der Waals surface area contributed by atoms with Crippen LogP contribution >= 0.6 is 15.9 Å². The molecule has 1 aromatic rings. The minimum Gasteiger partial charge on any atom is -0.478 e. The van der Waals surface area contributed by atoms with Crippen LogP contribution < -0.4 is 5.32 Å². The van der Waals surface area contributed by atoms with E-state index in [9.17, 15) is 9.90 Å². The highest BCUT2D eigenvalue weighted by molar-refractivity contribution is 9.10. The summed E-state index contributed by atoms with van der Waals surface area (Å²) in [7, 11) is 0. The Balaban J connectivity index is 1.84. The second-order valence-electron chi connectivity index (χ2n) is 5.63. The van der Waals surface area contributed by atoms with Gasteiger partial charge in [0.2, 0.25) is 0 Å². The van der Waals surface area contributed by atoms with E-state index in [1.807, 2.05) is 12.1 Å². The molecular formula is C16H23BrN2O2. The van der Waals surface area contributed by atoms with Crippen LogP contribution in [0.15, 0.2) is 22.7 Å². The molecule has 0 bridgehead atoms. The number of benzene rings is 1. The van der Waals surface area contributed by atoms with Gasteiger partial charge in [0.1, 0.15) is 0 Å². The van der Waals surface area contributed by atoms with Gasteiger partial charge < -0.3 is 15.3 Å². The molecule has 0 aliphatic carbocycles. The maximum atomic E-state index is 11.3. The van der Waals surface area contributed by atoms with E-state index < -0.39 is 5.97 Å². The average molecular weight is 355 g/mol. The Bertz CT molecular complexity index is 493. The topological polar surface area (TPSA) is 52.6 Å². The first-order valence-electron chi connectivity index (χ1n) is 7.59. The lowest BCUT2D eigenvalue weighted by atomic mass is 10.0. The summed E-state index contributed by atoms with van der Waals surface area (Å²) in [6.45, 7) is 5.35. The van der Waals surface area contributed by atoms with E-state index in [0.717, 1.165) is 19.5 Å². The maximum absolute atomic E-state index is 11.3. The standard InChI is InChI=1S/C16H23BrN2O2/c1-12-6-2-3-10-19(12)11-5-9-18-14-8-4-7-13(17)15(14)16(20)21/h4,7-8,12,18H,2-3,5-6,9-11H2,1H3,(H,20,21). The summed E-state index contributed by atoms with van der Waals surface area (Å²) in [4.78, 5) is 13.8. The van der Waals surface area contributed by atoms with Crippen LogP contribution in [-0.4, -0.2) is 41.7 Å². The molecule has 1 saturated heterocycles. The summed E-state index contributed by atoms with van der Waals surface area (Å²) in [5.74, 6) is -0.908. The van der Waals surface area contributed by atoms with Crippen LogP contribution in [-0.2, 0) is 0 Å². The molecular weight excluding hydrogens is 332 g/mol. The van der Waals surface area contributed by atoms with Gasteiger partial charge in [0, 0.05) is 29.3 Å². The lowest BCUT2D eigenvalue weighted by Crippen LogP contribution is -2.38. The van der Waals surface area contributed by atoms with Gasteiger partial charge in [0.25, 0.3) is 0 Å². The van der Waals surface area contributed by atoms with Crippen molar-refractivity contribution in [1.82, 2.24) is 4.90 Å². The van der Waals surface area contributed by atoms with E-state index in [2.05, 4.69) is 33.1 Å². The van der Waals surface area contributed by atoms with Gasteiger partial charge >= 0.3 is 5.97 Å². The minimum atomic E-state index is -0.908. The zero-order chi connectivity index (χ0) is 15.2. The largest absolute Gasteiger partial charge is 0.478 e. The van der Waals surface area contributed by atoms with Crippen LogP contribution in [0.25, 0.3) is 0 Å². The number of aromatic carboxylic acids is 1. The molecule has 21 heavy (non-hydrogen) atoms. The summed E-state index contributed by atoms with van der Waals surface area (Å²) in [6.07, 6.45) is 4.96. The van der Waals surface area contributed by atoms with Crippen LogP contribution in [0.3, 0.4) is 0 Å². The fourth-order valence-electron chi connectivity index (χ4n) is 2.88. The number of halogens is 1. The monoisotopic (exact) mass is 354 g/mol. The van der Waals surface area contributed by atoms with Gasteiger partial charge in [-0.25, -0.2) is 4.79 Å². The van der Waals surface area contributed by atoms with Crippen molar-refractivity contribution in [3.63, 3.8) is 0 Å². The maximum Gasteiger partial charge on any atom is 0.338 e. The van der Waals surface area contributed by atoms with Crippen molar-refractivity contribution in [3.8, 4) is 0 Å². The number of carboxylic acid groups (broad SMARTS) is 1. The normalized spacial score (nSPS) is 19.4. The predicted octanol–water partition coefficient (Wildman–Crippen LogP) is 3.82. The smallest absolute Gasteiger partial charge is 0.338 e. The first kappa shape index (κ1) is 16.3. The predicted molar refractivity (Wildman–Crippen MR) is 89.1 cm³/mol. The lowest BCUT2D eigenvalue weighted by Gasteiger charge is -2.33. The third-order valence-corrected chi connectivity index (χ3v) is 4.77. The van der Waals surface area contributed by atoms with Crippen LogP contribution in [0.4, 0.5) is 5.69 Å². The van der Waals surface area contributed by atoms with E-state index in [-0.39, 0.29) is 0 Å². The second kappa shape index (κ2) is 7.80. The molecule has 1 fully saturated rings. The van der Waals surface area contributed by atoms with E-state index in [1.165, 1.54) is 25.8 Å². The number of carbonyl (C=O) groups is 1. The third-order valence-electron chi connectivity index (χ3n) is 4.11. The molecule has 0 amide bonds. The number of carboxylic acids is 1. The molecule has 5 heteroatoms. The molecule has 0 aromatic heterocycles. The molecule has 1 aliphatic heterocycles. The van der Waals surface area contributed by atoms with Gasteiger partial charge in [0.15, 0.2) is 0 Å². The van der Waals surface area contributed by atoms with Crippen molar-refractivity contribution in [1.29, 1.82) is 0 Å². The van der Waals surface area contributed by atoms with Gasteiger partial charge in [-0.2, -0.15) is 0 Å². The highest BCUT2D eigenvalue weighted by Gasteiger charge is 2.17. The molecule has 116 valence electrons. The highest BCUT2D eigenvalue weighted by Crippen LogP contribution is 2.24. The molecule has 1 aromatic carbocycles. The van der Waals surface area contributed by atoms with Crippen molar-refractivity contribution >= 4 is 27.6 Å². The molecule has 1 unspecified atom stereocenters. The summed E-state index contributed by atoms with van der Waals surface area (Å²) in [6, 6.07) is 6.10. The molecule has 2 N–H and O–H groups in total. The Morgan fingerprint density at radius 1 is 1.48 bits per heavy atom. The van der Waals surface area contributed by atoms with Crippen LogP contribution in [0.5, 0.6) is 0 Å². The first-order valence-corrected chi connectivity index (χ1v) is 8.38. The Kier molecular flexibility index (Phi) is 6.06. The second-order valence-corrected chi connectivity index (χ2v) is 6.48. The van der Waals surface area contributed by atoms with Crippen molar-refractivity contribution < 1.29 is 9.90 Å². The minimum absolute atomic E-state index is 0.309. The fourth-order valence-corrected chi connectivity index (χ4v) is 3.42. The van der Waals surface area contributed by atoms with E-state index in [1.54, 1.807) is 6.07 Å². The number of likely N-dealkylation sites (tertiary alicyclic amines) is 1. The molecule has 4 nitrogen and oxygen atoms in total. The molecule has 1 aliphatic rings. The van der Waals surface area contributed by atoms with Crippen LogP contribution in [0.1, 0.15) is 43.0 Å². The molecule has 0 saturated carbocycles. The van der Waals surface area contributed by atoms with Gasteiger partial charge in [0.05, 0.1) is 5.56 Å². The Hall–Kier alpha value is -1.07. The number of nitrogens with zero attached hydrogens (tertiary/aromatic N) is 1. The number of hydrogen-bond acceptors (Lipinski definition) is 3. The highest BCUT2D eigenvalue weighted by atomic mass is 79.9.